The van der Waals surface area contributed by atoms with Crippen molar-refractivity contribution in [2.75, 3.05) is 0 Å². The van der Waals surface area contributed by atoms with Crippen molar-refractivity contribution in [1.29, 1.82) is 0 Å². The van der Waals surface area contributed by atoms with Crippen molar-refractivity contribution in [2.45, 2.75) is 54.5 Å². The van der Waals surface area contributed by atoms with Gasteiger partial charge in [-0.15, -0.1) is 0 Å². The Morgan fingerprint density at radius 1 is 0.821 bits per heavy atom. The van der Waals surface area contributed by atoms with Gasteiger partial charge in [-0.3, -0.25) is 0 Å². The largest absolute Gasteiger partial charge is 0.290 e. The standard InChI is InChI=1S/C25H27N2.CH4/c1-14-15(2)17(4)23-22(16(14)3)26(7)24-20-13-12-18-10-8-9-11-19(18)21(20)25(5,6)27(23)24;/h8-13H,1-7H3;1H4/q+1;. The summed E-state index contributed by atoms with van der Waals surface area (Å²) < 4.78 is 5.01. The highest BCUT2D eigenvalue weighted by molar-refractivity contribution is 5.96. The van der Waals surface area contributed by atoms with Gasteiger partial charge in [-0.05, 0) is 69.5 Å². The van der Waals surface area contributed by atoms with E-state index in [2.05, 4.69) is 94.1 Å². The minimum absolute atomic E-state index is 0. The van der Waals surface area contributed by atoms with E-state index in [1.165, 1.54) is 61.0 Å². The summed E-state index contributed by atoms with van der Waals surface area (Å²) >= 11 is 0. The van der Waals surface area contributed by atoms with Crippen LogP contribution < -0.4 is 4.57 Å². The average Bonchev–Trinajstić information content (AvgIpc) is 3.09. The zero-order valence-electron chi connectivity index (χ0n) is 17.4. The van der Waals surface area contributed by atoms with Gasteiger partial charge in [-0.2, -0.15) is 0 Å². The second kappa shape index (κ2) is 5.70. The third-order valence-electron chi connectivity index (χ3n) is 7.05. The van der Waals surface area contributed by atoms with E-state index < -0.39 is 0 Å². The maximum atomic E-state index is 2.59. The molecule has 2 heteroatoms. The molecule has 3 aromatic carbocycles. The van der Waals surface area contributed by atoms with Crippen LogP contribution >= 0.6 is 0 Å². The van der Waals surface area contributed by atoms with E-state index in [1.807, 2.05) is 0 Å². The van der Waals surface area contributed by atoms with Gasteiger partial charge in [-0.1, -0.05) is 37.8 Å². The van der Waals surface area contributed by atoms with Crippen LogP contribution in [0.5, 0.6) is 0 Å². The molecule has 144 valence electrons. The predicted molar refractivity (Wildman–Crippen MR) is 120 cm³/mol. The minimum Gasteiger partial charge on any atom is -0.225 e. The molecule has 28 heavy (non-hydrogen) atoms. The molecular formula is C26H31N2+. The van der Waals surface area contributed by atoms with Crippen molar-refractivity contribution < 1.29 is 4.57 Å². The highest BCUT2D eigenvalue weighted by Gasteiger charge is 2.47. The molecule has 0 unspecified atom stereocenters. The Morgan fingerprint density at radius 3 is 2.18 bits per heavy atom. The van der Waals surface area contributed by atoms with Crippen LogP contribution in [0.3, 0.4) is 0 Å². The molecular weight excluding hydrogens is 340 g/mol. The van der Waals surface area contributed by atoms with Crippen molar-refractivity contribution in [3.63, 3.8) is 0 Å². The number of benzene rings is 3. The summed E-state index contributed by atoms with van der Waals surface area (Å²) in [5.41, 5.74) is 11.1. The van der Waals surface area contributed by atoms with Gasteiger partial charge in [0.1, 0.15) is 5.54 Å². The minimum atomic E-state index is -0.0933. The molecule has 0 saturated carbocycles. The fraction of sp³-hybridized carbons (Fsp3) is 0.346. The van der Waals surface area contributed by atoms with Crippen molar-refractivity contribution in [3.05, 3.63) is 64.2 Å². The van der Waals surface area contributed by atoms with E-state index in [1.54, 1.807) is 0 Å². The van der Waals surface area contributed by atoms with Gasteiger partial charge in [-0.25, -0.2) is 9.13 Å². The zero-order chi connectivity index (χ0) is 19.2. The molecule has 5 rings (SSSR count). The smallest absolute Gasteiger partial charge is 0.225 e. The third kappa shape index (κ3) is 1.96. The Morgan fingerprint density at radius 2 is 1.46 bits per heavy atom. The van der Waals surface area contributed by atoms with Crippen molar-refractivity contribution in [3.8, 4) is 11.4 Å². The molecule has 2 heterocycles. The number of aryl methyl sites for hydroxylation is 3. The quantitative estimate of drug-likeness (QED) is 0.323. The summed E-state index contributed by atoms with van der Waals surface area (Å²) in [7, 11) is 2.23. The first-order chi connectivity index (χ1) is 12.8. The van der Waals surface area contributed by atoms with Gasteiger partial charge in [0.15, 0.2) is 11.0 Å². The molecule has 1 aromatic heterocycles. The summed E-state index contributed by atoms with van der Waals surface area (Å²) in [4.78, 5) is 0. The van der Waals surface area contributed by atoms with Crippen LogP contribution in [0.1, 0.15) is 49.1 Å². The van der Waals surface area contributed by atoms with E-state index in [0.29, 0.717) is 0 Å². The second-order valence-electron chi connectivity index (χ2n) is 8.68. The molecule has 0 amide bonds. The van der Waals surface area contributed by atoms with Crippen molar-refractivity contribution in [1.82, 2.24) is 4.57 Å². The molecule has 4 aromatic rings. The van der Waals surface area contributed by atoms with Crippen LogP contribution in [0.15, 0.2) is 36.4 Å². The van der Waals surface area contributed by atoms with Crippen molar-refractivity contribution in [2.24, 2.45) is 7.05 Å². The molecule has 0 N–H and O–H groups in total. The number of fused-ring (bicyclic) bond motifs is 7. The van der Waals surface area contributed by atoms with Crippen LogP contribution in [0.4, 0.5) is 0 Å². The highest BCUT2D eigenvalue weighted by Crippen LogP contribution is 2.48. The molecule has 0 radical (unpaired) electrons. The lowest BCUT2D eigenvalue weighted by atomic mass is 9.87. The summed E-state index contributed by atoms with van der Waals surface area (Å²) in [5, 5.41) is 2.69. The Bertz CT molecular complexity index is 1290. The van der Waals surface area contributed by atoms with Crippen LogP contribution in [-0.2, 0) is 12.6 Å². The molecule has 0 saturated heterocycles. The predicted octanol–water partition coefficient (Wildman–Crippen LogP) is 6.25. The number of nitrogens with zero attached hydrogens (tertiary/aromatic N) is 2. The first kappa shape index (κ1) is 18.7. The van der Waals surface area contributed by atoms with Crippen LogP contribution in [0.25, 0.3) is 33.2 Å². The van der Waals surface area contributed by atoms with Gasteiger partial charge in [0, 0.05) is 16.7 Å². The van der Waals surface area contributed by atoms with Crippen LogP contribution in [-0.4, -0.2) is 4.57 Å². The topological polar surface area (TPSA) is 8.81 Å². The van der Waals surface area contributed by atoms with E-state index in [9.17, 15) is 0 Å². The van der Waals surface area contributed by atoms with Crippen LogP contribution in [0.2, 0.25) is 0 Å². The van der Waals surface area contributed by atoms with Gasteiger partial charge in [0.05, 0.1) is 12.6 Å². The number of aromatic nitrogens is 2. The summed E-state index contributed by atoms with van der Waals surface area (Å²) in [6.07, 6.45) is 0. The summed E-state index contributed by atoms with van der Waals surface area (Å²) in [6, 6.07) is 13.4. The lowest BCUT2D eigenvalue weighted by Gasteiger charge is -2.21. The van der Waals surface area contributed by atoms with E-state index >= 15 is 0 Å². The van der Waals surface area contributed by atoms with Crippen molar-refractivity contribution >= 4 is 21.8 Å². The summed E-state index contributed by atoms with van der Waals surface area (Å²) in [6.45, 7) is 13.8. The number of hydrogen-bond donors (Lipinski definition) is 0. The number of hydrogen-bond acceptors (Lipinski definition) is 0. The summed E-state index contributed by atoms with van der Waals surface area (Å²) in [5.74, 6) is 1.33. The molecule has 0 fully saturated rings. The number of rotatable bonds is 0. The normalized spacial score (nSPS) is 14.2. The third-order valence-corrected chi connectivity index (χ3v) is 7.05. The lowest BCUT2D eigenvalue weighted by molar-refractivity contribution is -0.634. The zero-order valence-corrected chi connectivity index (χ0v) is 17.4. The molecule has 0 aliphatic carbocycles. The monoisotopic (exact) mass is 371 g/mol. The second-order valence-corrected chi connectivity index (χ2v) is 8.68. The maximum absolute atomic E-state index is 2.59. The molecule has 0 spiro atoms. The molecule has 0 bridgehead atoms. The first-order valence-electron chi connectivity index (χ1n) is 9.80. The van der Waals surface area contributed by atoms with Gasteiger partial charge in [0.25, 0.3) is 5.82 Å². The van der Waals surface area contributed by atoms with Gasteiger partial charge in [0.2, 0.25) is 0 Å². The van der Waals surface area contributed by atoms with E-state index in [4.69, 9.17) is 0 Å². The van der Waals surface area contributed by atoms with Crippen LogP contribution in [0, 0.1) is 27.7 Å². The number of imidazole rings is 1. The fourth-order valence-corrected chi connectivity index (χ4v) is 5.39. The first-order valence-corrected chi connectivity index (χ1v) is 9.80. The fourth-order valence-electron chi connectivity index (χ4n) is 5.39. The Labute approximate surface area is 168 Å². The lowest BCUT2D eigenvalue weighted by Crippen LogP contribution is -2.30. The SMILES string of the molecule is C.Cc1c(C)c(C)c2c(c1C)n1c([n+]2C)-c2ccc3ccccc3c2C1(C)C. The Hall–Kier alpha value is -2.61. The van der Waals surface area contributed by atoms with Gasteiger partial charge < -0.3 is 0 Å². The molecule has 2 nitrogen and oxygen atoms in total. The highest BCUT2D eigenvalue weighted by atomic mass is 15.2. The maximum Gasteiger partial charge on any atom is 0.290 e. The Kier molecular flexibility index (Phi) is 3.81. The Balaban J connectivity index is 0.00000192. The molecule has 0 atom stereocenters. The van der Waals surface area contributed by atoms with Gasteiger partial charge >= 0.3 is 0 Å². The molecule has 1 aliphatic heterocycles. The van der Waals surface area contributed by atoms with E-state index in [-0.39, 0.29) is 13.0 Å². The molecule has 1 aliphatic rings. The average molecular weight is 372 g/mol. The van der Waals surface area contributed by atoms with E-state index in [0.717, 1.165) is 0 Å².